The van der Waals surface area contributed by atoms with Crippen LogP contribution in [0.2, 0.25) is 0 Å². The van der Waals surface area contributed by atoms with Gasteiger partial charge in [0, 0.05) is 12.8 Å². The lowest BCUT2D eigenvalue weighted by Gasteiger charge is -2.23. The van der Waals surface area contributed by atoms with Gasteiger partial charge in [0.15, 0.2) is 27.3 Å². The number of carbonyl (C=O) groups is 1. The van der Waals surface area contributed by atoms with E-state index in [0.717, 1.165) is 12.1 Å². The largest absolute Gasteiger partial charge is 0.511 e. The van der Waals surface area contributed by atoms with Crippen molar-refractivity contribution < 1.29 is 31.9 Å². The van der Waals surface area contributed by atoms with Gasteiger partial charge in [0.25, 0.3) is 0 Å². The molecule has 2 rings (SSSR count). The third-order valence-corrected chi connectivity index (χ3v) is 6.01. The number of rotatable bonds is 7. The van der Waals surface area contributed by atoms with Gasteiger partial charge in [-0.15, -0.1) is 0 Å². The minimum absolute atomic E-state index is 0.0612. The van der Waals surface area contributed by atoms with Gasteiger partial charge in [-0.1, -0.05) is 5.16 Å². The number of aliphatic hydroxyl groups excluding tert-OH is 1. The van der Waals surface area contributed by atoms with E-state index in [9.17, 15) is 27.1 Å². The van der Waals surface area contributed by atoms with E-state index in [2.05, 4.69) is 5.16 Å². The first-order valence-electron chi connectivity index (χ1n) is 8.45. The Morgan fingerprint density at radius 1 is 1.30 bits per heavy atom. The molecule has 27 heavy (non-hydrogen) atoms. The van der Waals surface area contributed by atoms with Gasteiger partial charge < -0.3 is 9.94 Å². The molecule has 1 aromatic rings. The lowest BCUT2D eigenvalue weighted by molar-refractivity contribution is -0.116. The van der Waals surface area contributed by atoms with Gasteiger partial charge in [0.1, 0.15) is 12.4 Å². The maximum absolute atomic E-state index is 13.3. The molecule has 1 aliphatic carbocycles. The van der Waals surface area contributed by atoms with Crippen LogP contribution >= 0.6 is 0 Å². The van der Waals surface area contributed by atoms with E-state index < -0.39 is 21.5 Å². The molecule has 0 heterocycles. The monoisotopic (exact) mass is 401 g/mol. The Morgan fingerprint density at radius 2 is 2.00 bits per heavy atom. The lowest BCUT2D eigenvalue weighted by Crippen LogP contribution is -2.25. The molecule has 0 amide bonds. The normalized spacial score (nSPS) is 18.7. The second-order valence-electron chi connectivity index (χ2n) is 6.30. The number of benzene rings is 1. The van der Waals surface area contributed by atoms with Crippen molar-refractivity contribution in [3.63, 3.8) is 0 Å². The van der Waals surface area contributed by atoms with Crippen LogP contribution in [-0.4, -0.2) is 37.4 Å². The van der Waals surface area contributed by atoms with E-state index >= 15 is 0 Å². The van der Waals surface area contributed by atoms with Crippen LogP contribution in [0.5, 0.6) is 0 Å². The predicted octanol–water partition coefficient (Wildman–Crippen LogP) is 3.33. The highest BCUT2D eigenvalue weighted by atomic mass is 32.2. The number of hydrogen-bond acceptors (Lipinski definition) is 6. The second kappa shape index (κ2) is 8.60. The molecule has 1 aliphatic rings. The van der Waals surface area contributed by atoms with Gasteiger partial charge in [-0.25, -0.2) is 17.2 Å². The zero-order valence-electron chi connectivity index (χ0n) is 15.0. The van der Waals surface area contributed by atoms with Crippen LogP contribution in [0.25, 0.3) is 0 Å². The number of carbonyl (C=O) groups excluding carboxylic acids is 1. The molecule has 148 valence electrons. The van der Waals surface area contributed by atoms with Crippen molar-refractivity contribution >= 4 is 21.3 Å². The third-order valence-electron chi connectivity index (χ3n) is 4.26. The fourth-order valence-electron chi connectivity index (χ4n) is 2.90. The molecular formula is C18H21F2NO5S. The molecule has 0 saturated heterocycles. The molecule has 9 heteroatoms. The van der Waals surface area contributed by atoms with E-state index in [0.29, 0.717) is 12.7 Å². The number of hydrogen-bond donors (Lipinski definition) is 1. The molecule has 0 aromatic heterocycles. The fourth-order valence-corrected chi connectivity index (χ4v) is 4.34. The van der Waals surface area contributed by atoms with Crippen LogP contribution in [0.1, 0.15) is 33.1 Å². The van der Waals surface area contributed by atoms with Crippen LogP contribution in [0.4, 0.5) is 8.78 Å². The summed E-state index contributed by atoms with van der Waals surface area (Å²) in [6, 6.07) is 2.40. The van der Waals surface area contributed by atoms with Crippen LogP contribution in [0.3, 0.4) is 0 Å². The van der Waals surface area contributed by atoms with Crippen LogP contribution < -0.4 is 0 Å². The van der Waals surface area contributed by atoms with E-state index in [1.807, 2.05) is 0 Å². The Kier molecular flexibility index (Phi) is 6.69. The summed E-state index contributed by atoms with van der Waals surface area (Å²) in [5, 5.41) is 13.9. The van der Waals surface area contributed by atoms with E-state index in [1.54, 1.807) is 13.8 Å². The maximum atomic E-state index is 13.3. The Balaban J connectivity index is 2.08. The highest BCUT2D eigenvalue weighted by Crippen LogP contribution is 2.30. The number of oxime groups is 1. The lowest BCUT2D eigenvalue weighted by atomic mass is 9.84. The number of sulfone groups is 1. The van der Waals surface area contributed by atoms with Gasteiger partial charge >= 0.3 is 0 Å². The molecule has 6 nitrogen and oxygen atoms in total. The number of ketones is 1. The Morgan fingerprint density at radius 3 is 2.59 bits per heavy atom. The Hall–Kier alpha value is -2.29. The van der Waals surface area contributed by atoms with Crippen LogP contribution in [0.15, 0.2) is 39.6 Å². The van der Waals surface area contributed by atoms with Crippen molar-refractivity contribution in [3.05, 3.63) is 41.2 Å². The van der Waals surface area contributed by atoms with Gasteiger partial charge in [-0.3, -0.25) is 4.79 Å². The average molecular weight is 401 g/mol. The van der Waals surface area contributed by atoms with E-state index in [-0.39, 0.29) is 58.7 Å². The Bertz CT molecular complexity index is 893. The number of halogens is 2. The smallest absolute Gasteiger partial charge is 0.178 e. The van der Waals surface area contributed by atoms with Crippen molar-refractivity contribution in [3.8, 4) is 0 Å². The molecule has 0 fully saturated rings. The quantitative estimate of drug-likeness (QED) is 0.430. The molecule has 1 unspecified atom stereocenters. The molecule has 0 radical (unpaired) electrons. The predicted molar refractivity (Wildman–Crippen MR) is 95.1 cm³/mol. The molecule has 1 aromatic carbocycles. The molecule has 0 bridgehead atoms. The molecule has 0 aliphatic heterocycles. The molecular weight excluding hydrogens is 380 g/mol. The number of aliphatic hydroxyl groups is 1. The first-order chi connectivity index (χ1) is 12.7. The summed E-state index contributed by atoms with van der Waals surface area (Å²) in [5.41, 5.74) is 0.371. The van der Waals surface area contributed by atoms with Crippen LogP contribution in [0, 0.1) is 17.6 Å². The highest BCUT2D eigenvalue weighted by Gasteiger charge is 2.30. The molecule has 1 atom stereocenters. The maximum Gasteiger partial charge on any atom is 0.178 e. The summed E-state index contributed by atoms with van der Waals surface area (Å²) in [5.74, 6) is -3.57. The van der Waals surface area contributed by atoms with Crippen molar-refractivity contribution in [2.24, 2.45) is 11.1 Å². The standard InChI is InChI=1S/C18H21F2NO5S/c1-3-26-21-11(2)18-16(22)8-12(9-17(18)23)6-7-27(24,25)13-4-5-14(19)15(20)10-13/h4-5,10,12,22H,3,6-9H2,1-2H3. The minimum Gasteiger partial charge on any atom is -0.511 e. The highest BCUT2D eigenvalue weighted by molar-refractivity contribution is 7.91. The average Bonchev–Trinajstić information content (AvgIpc) is 2.60. The van der Waals surface area contributed by atoms with Gasteiger partial charge in [-0.2, -0.15) is 0 Å². The van der Waals surface area contributed by atoms with Crippen molar-refractivity contribution in [1.82, 2.24) is 0 Å². The van der Waals surface area contributed by atoms with Gasteiger partial charge in [0.05, 0.1) is 21.9 Å². The second-order valence-corrected chi connectivity index (χ2v) is 8.41. The summed E-state index contributed by atoms with van der Waals surface area (Å²) in [6.45, 7) is 3.61. The van der Waals surface area contributed by atoms with E-state index in [4.69, 9.17) is 4.84 Å². The fraction of sp³-hybridized carbons (Fsp3) is 0.444. The summed E-state index contributed by atoms with van der Waals surface area (Å²) < 4.78 is 50.9. The summed E-state index contributed by atoms with van der Waals surface area (Å²) in [6.07, 6.45) is 0.297. The van der Waals surface area contributed by atoms with Crippen molar-refractivity contribution in [2.45, 2.75) is 38.0 Å². The first-order valence-corrected chi connectivity index (χ1v) is 10.1. The third kappa shape index (κ3) is 5.12. The topological polar surface area (TPSA) is 93.0 Å². The minimum atomic E-state index is -3.84. The van der Waals surface area contributed by atoms with Gasteiger partial charge in [0.2, 0.25) is 0 Å². The zero-order chi connectivity index (χ0) is 20.2. The summed E-state index contributed by atoms with van der Waals surface area (Å²) >= 11 is 0. The number of allylic oxidation sites excluding steroid dienone is 2. The van der Waals surface area contributed by atoms with Crippen molar-refractivity contribution in [1.29, 1.82) is 0 Å². The van der Waals surface area contributed by atoms with Gasteiger partial charge in [-0.05, 0) is 44.4 Å². The first kappa shape index (κ1) is 21.0. The number of nitrogens with zero attached hydrogens (tertiary/aromatic N) is 1. The van der Waals surface area contributed by atoms with E-state index in [1.165, 1.54) is 0 Å². The van der Waals surface area contributed by atoms with Crippen molar-refractivity contribution in [2.75, 3.05) is 12.4 Å². The van der Waals surface area contributed by atoms with Crippen LogP contribution in [-0.2, 0) is 19.5 Å². The molecule has 0 saturated carbocycles. The summed E-state index contributed by atoms with van der Waals surface area (Å²) in [7, 11) is -3.84. The molecule has 1 N–H and O–H groups in total. The summed E-state index contributed by atoms with van der Waals surface area (Å²) in [4.78, 5) is 16.9. The molecule has 0 spiro atoms. The SMILES string of the molecule is CCON=C(C)C1=C(O)CC(CCS(=O)(=O)c2ccc(F)c(F)c2)CC1=O. The number of Topliss-reactive ketones (excluding diaryl/α,β-unsaturated/α-hetero) is 1. The zero-order valence-corrected chi connectivity index (χ0v) is 15.9. The Labute approximate surface area is 156 Å².